The molecule has 0 aromatic heterocycles. The van der Waals surface area contributed by atoms with Crippen molar-refractivity contribution in [3.8, 4) is 0 Å². The Hall–Kier alpha value is -1.57. The summed E-state index contributed by atoms with van der Waals surface area (Å²) in [4.78, 5) is 13.6. The van der Waals surface area contributed by atoms with Gasteiger partial charge < -0.3 is 4.90 Å². The minimum absolute atomic E-state index is 0.0300. The molecule has 1 aromatic rings. The number of nitrogens with zero attached hydrogens (tertiary/aromatic N) is 1. The Kier molecular flexibility index (Phi) is 3.53. The lowest BCUT2D eigenvalue weighted by Gasteiger charge is -2.43. The van der Waals surface area contributed by atoms with Gasteiger partial charge in [-0.1, -0.05) is 13.0 Å². The highest BCUT2D eigenvalue weighted by Crippen LogP contribution is 2.40. The normalized spacial score (nSPS) is 16.9. The van der Waals surface area contributed by atoms with Crippen molar-refractivity contribution >= 4 is 17.5 Å². The SMILES string of the molecule is CCCN1c2cc(C)c(C=O)cc2C(C)=CC1(C)C. The molecule has 1 aromatic carbocycles. The summed E-state index contributed by atoms with van der Waals surface area (Å²) in [5, 5.41) is 0. The van der Waals surface area contributed by atoms with E-state index in [1.54, 1.807) is 0 Å². The van der Waals surface area contributed by atoms with Crippen LogP contribution in [0.25, 0.3) is 5.57 Å². The summed E-state index contributed by atoms with van der Waals surface area (Å²) < 4.78 is 0. The number of allylic oxidation sites excluding steroid dienone is 1. The molecule has 0 atom stereocenters. The fourth-order valence-corrected chi connectivity index (χ4v) is 3.00. The molecule has 0 N–H and O–H groups in total. The average molecular weight is 257 g/mol. The number of aldehydes is 1. The Morgan fingerprint density at radius 3 is 2.53 bits per heavy atom. The Morgan fingerprint density at radius 2 is 1.95 bits per heavy atom. The molecule has 0 aliphatic carbocycles. The standard InChI is InChI=1S/C17H23NO/c1-6-7-18-16-8-12(2)14(11-19)9-15(16)13(3)10-17(18,4)5/h8-11H,6-7H2,1-5H3. The second kappa shape index (κ2) is 4.84. The highest BCUT2D eigenvalue weighted by Gasteiger charge is 2.30. The molecular weight excluding hydrogens is 234 g/mol. The smallest absolute Gasteiger partial charge is 0.150 e. The third-order valence-corrected chi connectivity index (χ3v) is 3.94. The number of anilines is 1. The van der Waals surface area contributed by atoms with Gasteiger partial charge >= 0.3 is 0 Å². The number of hydrogen-bond donors (Lipinski definition) is 0. The maximum absolute atomic E-state index is 11.1. The van der Waals surface area contributed by atoms with E-state index in [0.717, 1.165) is 30.4 Å². The molecule has 2 rings (SSSR count). The number of hydrogen-bond acceptors (Lipinski definition) is 2. The highest BCUT2D eigenvalue weighted by atomic mass is 16.1. The maximum atomic E-state index is 11.1. The number of aryl methyl sites for hydroxylation is 1. The zero-order valence-corrected chi connectivity index (χ0v) is 12.6. The van der Waals surface area contributed by atoms with E-state index in [1.807, 2.05) is 13.0 Å². The zero-order chi connectivity index (χ0) is 14.2. The van der Waals surface area contributed by atoms with Crippen LogP contribution in [-0.2, 0) is 0 Å². The van der Waals surface area contributed by atoms with Gasteiger partial charge in [0.2, 0.25) is 0 Å². The van der Waals surface area contributed by atoms with Crippen LogP contribution >= 0.6 is 0 Å². The average Bonchev–Trinajstić information content (AvgIpc) is 2.33. The van der Waals surface area contributed by atoms with Crippen molar-refractivity contribution in [3.63, 3.8) is 0 Å². The third kappa shape index (κ3) is 2.32. The minimum atomic E-state index is 0.0300. The zero-order valence-electron chi connectivity index (χ0n) is 12.6. The fraction of sp³-hybridized carbons (Fsp3) is 0.471. The van der Waals surface area contributed by atoms with Crippen molar-refractivity contribution in [1.29, 1.82) is 0 Å². The van der Waals surface area contributed by atoms with Crippen LogP contribution in [0.3, 0.4) is 0 Å². The van der Waals surface area contributed by atoms with Gasteiger partial charge in [0.1, 0.15) is 6.29 Å². The Bertz CT molecular complexity index is 540. The second-order valence-corrected chi connectivity index (χ2v) is 5.98. The lowest BCUT2D eigenvalue weighted by Crippen LogP contribution is -2.45. The molecule has 0 unspecified atom stereocenters. The molecule has 0 saturated carbocycles. The van der Waals surface area contributed by atoms with Crippen LogP contribution in [-0.4, -0.2) is 18.4 Å². The van der Waals surface area contributed by atoms with Gasteiger partial charge in [-0.3, -0.25) is 4.79 Å². The van der Waals surface area contributed by atoms with E-state index in [4.69, 9.17) is 0 Å². The molecule has 1 aliphatic heterocycles. The van der Waals surface area contributed by atoms with Crippen LogP contribution in [0.15, 0.2) is 18.2 Å². The van der Waals surface area contributed by atoms with Crippen molar-refractivity contribution < 1.29 is 4.79 Å². The van der Waals surface area contributed by atoms with Crippen LogP contribution in [0.1, 0.15) is 55.6 Å². The summed E-state index contributed by atoms with van der Waals surface area (Å²) in [7, 11) is 0. The molecule has 0 amide bonds. The fourth-order valence-electron chi connectivity index (χ4n) is 3.00. The predicted octanol–water partition coefficient (Wildman–Crippen LogP) is 4.22. The van der Waals surface area contributed by atoms with E-state index in [-0.39, 0.29) is 5.54 Å². The van der Waals surface area contributed by atoms with Gasteiger partial charge in [-0.25, -0.2) is 0 Å². The van der Waals surface area contributed by atoms with Crippen LogP contribution in [0, 0.1) is 6.92 Å². The van der Waals surface area contributed by atoms with E-state index >= 15 is 0 Å². The molecule has 0 radical (unpaired) electrons. The number of rotatable bonds is 3. The van der Waals surface area contributed by atoms with Crippen molar-refractivity contribution in [2.24, 2.45) is 0 Å². The second-order valence-electron chi connectivity index (χ2n) is 5.98. The molecule has 0 fully saturated rings. The molecule has 1 aliphatic rings. The minimum Gasteiger partial charge on any atom is -0.362 e. The number of carbonyl (C=O) groups is 1. The molecule has 102 valence electrons. The van der Waals surface area contributed by atoms with Crippen LogP contribution in [0.5, 0.6) is 0 Å². The Balaban J connectivity index is 2.65. The number of carbonyl (C=O) groups excluding carboxylic acids is 1. The molecule has 1 heterocycles. The van der Waals surface area contributed by atoms with E-state index in [2.05, 4.69) is 44.7 Å². The van der Waals surface area contributed by atoms with Crippen molar-refractivity contribution in [2.75, 3.05) is 11.4 Å². The number of benzene rings is 1. The predicted molar refractivity (Wildman–Crippen MR) is 81.9 cm³/mol. The maximum Gasteiger partial charge on any atom is 0.150 e. The quantitative estimate of drug-likeness (QED) is 0.756. The van der Waals surface area contributed by atoms with Gasteiger partial charge in [-0.2, -0.15) is 0 Å². The summed E-state index contributed by atoms with van der Waals surface area (Å²) in [5.74, 6) is 0. The van der Waals surface area contributed by atoms with E-state index < -0.39 is 0 Å². The van der Waals surface area contributed by atoms with Gasteiger partial charge in [0, 0.05) is 23.4 Å². The van der Waals surface area contributed by atoms with E-state index in [9.17, 15) is 4.79 Å². The summed E-state index contributed by atoms with van der Waals surface area (Å²) in [6.07, 6.45) is 4.37. The first-order valence-electron chi connectivity index (χ1n) is 6.98. The third-order valence-electron chi connectivity index (χ3n) is 3.94. The van der Waals surface area contributed by atoms with Crippen LogP contribution in [0.4, 0.5) is 5.69 Å². The van der Waals surface area contributed by atoms with E-state index in [1.165, 1.54) is 16.8 Å². The summed E-state index contributed by atoms with van der Waals surface area (Å²) in [5.41, 5.74) is 5.59. The topological polar surface area (TPSA) is 20.3 Å². The summed E-state index contributed by atoms with van der Waals surface area (Å²) in [6.45, 7) is 11.9. The summed E-state index contributed by atoms with van der Waals surface area (Å²) >= 11 is 0. The highest BCUT2D eigenvalue weighted by molar-refractivity contribution is 5.87. The van der Waals surface area contributed by atoms with Gasteiger partial charge in [-0.05, 0) is 57.4 Å². The first-order chi connectivity index (χ1) is 8.90. The van der Waals surface area contributed by atoms with Crippen molar-refractivity contribution in [3.05, 3.63) is 34.9 Å². The Labute approximate surface area is 116 Å². The number of fused-ring (bicyclic) bond motifs is 1. The molecule has 0 saturated heterocycles. The van der Waals surface area contributed by atoms with Gasteiger partial charge in [0.15, 0.2) is 0 Å². The lowest BCUT2D eigenvalue weighted by atomic mass is 9.87. The van der Waals surface area contributed by atoms with Crippen molar-refractivity contribution in [2.45, 2.75) is 46.6 Å². The molecule has 19 heavy (non-hydrogen) atoms. The molecule has 2 heteroatoms. The molecular formula is C17H23NO. The Morgan fingerprint density at radius 1 is 1.26 bits per heavy atom. The van der Waals surface area contributed by atoms with E-state index in [0.29, 0.717) is 0 Å². The van der Waals surface area contributed by atoms with Crippen molar-refractivity contribution in [1.82, 2.24) is 0 Å². The monoisotopic (exact) mass is 257 g/mol. The lowest BCUT2D eigenvalue weighted by molar-refractivity contribution is 0.112. The first-order valence-corrected chi connectivity index (χ1v) is 6.98. The van der Waals surface area contributed by atoms with Crippen LogP contribution < -0.4 is 4.90 Å². The molecule has 2 nitrogen and oxygen atoms in total. The largest absolute Gasteiger partial charge is 0.362 e. The summed E-state index contributed by atoms with van der Waals surface area (Å²) in [6, 6.07) is 4.19. The molecule has 0 spiro atoms. The first kappa shape index (κ1) is 13.9. The molecule has 0 bridgehead atoms. The van der Waals surface area contributed by atoms with Crippen LogP contribution in [0.2, 0.25) is 0 Å². The van der Waals surface area contributed by atoms with Gasteiger partial charge in [-0.15, -0.1) is 0 Å². The van der Waals surface area contributed by atoms with Gasteiger partial charge in [0.05, 0.1) is 5.54 Å². The van der Waals surface area contributed by atoms with Gasteiger partial charge in [0.25, 0.3) is 0 Å².